The number of carboxylic acid groups (broad SMARTS) is 1. The van der Waals surface area contributed by atoms with E-state index in [9.17, 15) is 4.79 Å². The maximum Gasteiger partial charge on any atom is 0.317 e. The minimum absolute atomic E-state index is 0.0362. The lowest BCUT2D eigenvalue weighted by Crippen LogP contribution is -2.47. The van der Waals surface area contributed by atoms with Crippen molar-refractivity contribution in [3.63, 3.8) is 0 Å². The summed E-state index contributed by atoms with van der Waals surface area (Å²) in [4.78, 5) is 12.9. The van der Waals surface area contributed by atoms with Crippen LogP contribution in [0.5, 0.6) is 0 Å². The number of piperidine rings is 1. The van der Waals surface area contributed by atoms with Crippen molar-refractivity contribution in [3.8, 4) is 0 Å². The van der Waals surface area contributed by atoms with E-state index >= 15 is 0 Å². The zero-order valence-corrected chi connectivity index (χ0v) is 11.7. The highest BCUT2D eigenvalue weighted by Crippen LogP contribution is 2.28. The van der Waals surface area contributed by atoms with Crippen LogP contribution < -0.4 is 10.2 Å². The summed E-state index contributed by atoms with van der Waals surface area (Å²) in [5, 5.41) is 11.8. The summed E-state index contributed by atoms with van der Waals surface area (Å²) in [6.07, 6.45) is 2.12. The molecule has 2 rings (SSSR count). The van der Waals surface area contributed by atoms with Gasteiger partial charge in [0.15, 0.2) is 0 Å². The second kappa shape index (κ2) is 6.20. The van der Waals surface area contributed by atoms with E-state index in [-0.39, 0.29) is 12.6 Å². The minimum atomic E-state index is -0.798. The maximum absolute atomic E-state index is 10.6. The molecule has 1 aliphatic rings. The third-order valence-electron chi connectivity index (χ3n) is 3.16. The number of anilines is 1. The zero-order chi connectivity index (χ0) is 13.0. The van der Waals surface area contributed by atoms with E-state index in [1.807, 2.05) is 18.2 Å². The Morgan fingerprint density at radius 2 is 2.28 bits per heavy atom. The average Bonchev–Trinajstić information content (AvgIpc) is 2.37. The Morgan fingerprint density at radius 1 is 1.50 bits per heavy atom. The first-order valence-electron chi connectivity index (χ1n) is 6.11. The molecule has 98 valence electrons. The van der Waals surface area contributed by atoms with E-state index in [0.29, 0.717) is 0 Å². The fourth-order valence-corrected chi connectivity index (χ4v) is 2.84. The van der Waals surface area contributed by atoms with Crippen molar-refractivity contribution < 1.29 is 9.90 Å². The van der Waals surface area contributed by atoms with Crippen molar-refractivity contribution in [2.24, 2.45) is 0 Å². The van der Waals surface area contributed by atoms with Gasteiger partial charge in [0.2, 0.25) is 0 Å². The molecule has 1 atom stereocenters. The predicted molar refractivity (Wildman–Crippen MR) is 75.0 cm³/mol. The number of para-hydroxylation sites is 1. The molecule has 0 saturated carbocycles. The molecule has 1 aromatic carbocycles. The van der Waals surface area contributed by atoms with Crippen LogP contribution in [-0.4, -0.2) is 36.8 Å². The second-order valence-electron chi connectivity index (χ2n) is 4.51. The van der Waals surface area contributed by atoms with Gasteiger partial charge >= 0.3 is 5.97 Å². The van der Waals surface area contributed by atoms with Crippen molar-refractivity contribution >= 4 is 27.6 Å². The summed E-state index contributed by atoms with van der Waals surface area (Å²) in [6.45, 7) is 1.91. The number of halogens is 1. The van der Waals surface area contributed by atoms with Crippen LogP contribution in [0.15, 0.2) is 28.7 Å². The summed E-state index contributed by atoms with van der Waals surface area (Å²) in [7, 11) is 0. The first kappa shape index (κ1) is 13.4. The monoisotopic (exact) mass is 312 g/mol. The van der Waals surface area contributed by atoms with Crippen molar-refractivity contribution in [1.29, 1.82) is 0 Å². The molecule has 1 saturated heterocycles. The molecule has 1 aromatic rings. The Kier molecular flexibility index (Phi) is 4.60. The minimum Gasteiger partial charge on any atom is -0.480 e. The normalized spacial score (nSPS) is 19.8. The van der Waals surface area contributed by atoms with Gasteiger partial charge in [0.25, 0.3) is 0 Å². The average molecular weight is 313 g/mol. The van der Waals surface area contributed by atoms with Gasteiger partial charge in [-0.1, -0.05) is 12.1 Å². The molecule has 18 heavy (non-hydrogen) atoms. The molecule has 1 aliphatic heterocycles. The Labute approximate surface area is 115 Å². The molecule has 0 bridgehead atoms. The van der Waals surface area contributed by atoms with Crippen molar-refractivity contribution in [3.05, 3.63) is 28.7 Å². The lowest BCUT2D eigenvalue weighted by Gasteiger charge is -2.35. The van der Waals surface area contributed by atoms with Crippen molar-refractivity contribution in [2.75, 3.05) is 24.5 Å². The van der Waals surface area contributed by atoms with E-state index in [1.165, 1.54) is 5.69 Å². The van der Waals surface area contributed by atoms with Gasteiger partial charge in [-0.25, -0.2) is 0 Å². The molecule has 4 nitrogen and oxygen atoms in total. The highest BCUT2D eigenvalue weighted by Gasteiger charge is 2.21. The number of carbonyl (C=O) groups is 1. The van der Waals surface area contributed by atoms with Gasteiger partial charge in [-0.15, -0.1) is 0 Å². The lowest BCUT2D eigenvalue weighted by atomic mass is 10.0. The van der Waals surface area contributed by atoms with Gasteiger partial charge in [0.05, 0.1) is 12.2 Å². The third-order valence-corrected chi connectivity index (χ3v) is 3.83. The number of carboxylic acids is 1. The van der Waals surface area contributed by atoms with Crippen LogP contribution in [0.25, 0.3) is 0 Å². The molecular weight excluding hydrogens is 296 g/mol. The fourth-order valence-electron chi connectivity index (χ4n) is 2.30. The standard InChI is InChI=1S/C13H17BrN2O2/c14-11-5-1-2-6-12(11)16-7-3-4-10(9-16)15-8-13(17)18/h1-2,5-6,10,15H,3-4,7-9H2,(H,17,18). The van der Waals surface area contributed by atoms with Crippen molar-refractivity contribution in [1.82, 2.24) is 5.32 Å². The largest absolute Gasteiger partial charge is 0.480 e. The van der Waals surface area contributed by atoms with Gasteiger partial charge in [0.1, 0.15) is 0 Å². The highest BCUT2D eigenvalue weighted by molar-refractivity contribution is 9.10. The molecule has 2 N–H and O–H groups in total. The van der Waals surface area contributed by atoms with E-state index in [4.69, 9.17) is 5.11 Å². The second-order valence-corrected chi connectivity index (χ2v) is 5.37. The zero-order valence-electron chi connectivity index (χ0n) is 10.1. The topological polar surface area (TPSA) is 52.6 Å². The smallest absolute Gasteiger partial charge is 0.317 e. The number of rotatable bonds is 4. The SMILES string of the molecule is O=C(O)CNC1CCCN(c2ccccc2Br)C1. The van der Waals surface area contributed by atoms with Crippen LogP contribution >= 0.6 is 15.9 Å². The predicted octanol–water partition coefficient (Wildman–Crippen LogP) is 2.09. The van der Waals surface area contributed by atoms with Crippen LogP contribution in [0.3, 0.4) is 0 Å². The van der Waals surface area contributed by atoms with E-state index in [0.717, 1.165) is 30.4 Å². The summed E-state index contributed by atoms with van der Waals surface area (Å²) in [5.74, 6) is -0.798. The van der Waals surface area contributed by atoms with Crippen LogP contribution in [-0.2, 0) is 4.79 Å². The maximum atomic E-state index is 10.6. The Bertz CT molecular complexity index is 425. The Hall–Kier alpha value is -1.07. The molecule has 1 heterocycles. The summed E-state index contributed by atoms with van der Waals surface area (Å²) in [5.41, 5.74) is 1.18. The summed E-state index contributed by atoms with van der Waals surface area (Å²) in [6, 6.07) is 8.39. The van der Waals surface area contributed by atoms with Gasteiger partial charge in [0, 0.05) is 23.6 Å². The number of hydrogen-bond acceptors (Lipinski definition) is 3. The third kappa shape index (κ3) is 3.46. The number of aliphatic carboxylic acids is 1. The lowest BCUT2D eigenvalue weighted by molar-refractivity contribution is -0.136. The van der Waals surface area contributed by atoms with Gasteiger partial charge in [-0.2, -0.15) is 0 Å². The fraction of sp³-hybridized carbons (Fsp3) is 0.462. The Morgan fingerprint density at radius 3 is 3.00 bits per heavy atom. The number of hydrogen-bond donors (Lipinski definition) is 2. The van der Waals surface area contributed by atoms with E-state index in [2.05, 4.69) is 32.2 Å². The quantitative estimate of drug-likeness (QED) is 0.894. The van der Waals surface area contributed by atoms with Gasteiger partial charge in [-0.05, 0) is 40.9 Å². The van der Waals surface area contributed by atoms with Crippen LogP contribution in [0, 0.1) is 0 Å². The molecule has 0 spiro atoms. The number of benzene rings is 1. The highest BCUT2D eigenvalue weighted by atomic mass is 79.9. The van der Waals surface area contributed by atoms with Crippen LogP contribution in [0.4, 0.5) is 5.69 Å². The molecule has 1 unspecified atom stereocenters. The first-order valence-corrected chi connectivity index (χ1v) is 6.91. The van der Waals surface area contributed by atoms with E-state index in [1.54, 1.807) is 0 Å². The summed E-state index contributed by atoms with van der Waals surface area (Å²) >= 11 is 3.56. The molecular formula is C13H17BrN2O2. The van der Waals surface area contributed by atoms with Gasteiger partial charge in [-0.3, -0.25) is 4.79 Å². The molecule has 0 aromatic heterocycles. The molecule has 0 amide bonds. The Balaban J connectivity index is 1.98. The first-order chi connectivity index (χ1) is 8.66. The molecule has 1 fully saturated rings. The molecule has 5 heteroatoms. The summed E-state index contributed by atoms with van der Waals surface area (Å²) < 4.78 is 1.09. The van der Waals surface area contributed by atoms with Crippen LogP contribution in [0.2, 0.25) is 0 Å². The van der Waals surface area contributed by atoms with Crippen molar-refractivity contribution in [2.45, 2.75) is 18.9 Å². The van der Waals surface area contributed by atoms with Crippen LogP contribution in [0.1, 0.15) is 12.8 Å². The number of nitrogens with zero attached hydrogens (tertiary/aromatic N) is 1. The molecule has 0 radical (unpaired) electrons. The van der Waals surface area contributed by atoms with Gasteiger partial charge < -0.3 is 15.3 Å². The number of nitrogens with one attached hydrogen (secondary N) is 1. The molecule has 0 aliphatic carbocycles. The van der Waals surface area contributed by atoms with E-state index < -0.39 is 5.97 Å².